The molecule has 140 valence electrons. The number of aromatic nitrogens is 2. The average Bonchev–Trinajstić information content (AvgIpc) is 3.31. The zero-order valence-corrected chi connectivity index (χ0v) is 15.9. The van der Waals surface area contributed by atoms with Crippen molar-refractivity contribution in [3.63, 3.8) is 0 Å². The molecule has 26 heavy (non-hydrogen) atoms. The molecule has 2 fully saturated rings. The maximum atomic E-state index is 12.2. The van der Waals surface area contributed by atoms with Crippen molar-refractivity contribution in [2.45, 2.75) is 45.1 Å². The number of likely N-dealkylation sites (tertiary alicyclic amines) is 2. The summed E-state index contributed by atoms with van der Waals surface area (Å²) in [4.78, 5) is 21.6. The lowest BCUT2D eigenvalue weighted by Crippen LogP contribution is -2.34. The Morgan fingerprint density at radius 1 is 1.12 bits per heavy atom. The molecule has 2 aliphatic rings. The van der Waals surface area contributed by atoms with Crippen LogP contribution in [0.5, 0.6) is 0 Å². The molecule has 1 amide bonds. The molecule has 1 aromatic carbocycles. The van der Waals surface area contributed by atoms with Gasteiger partial charge in [0.05, 0.1) is 17.6 Å². The van der Waals surface area contributed by atoms with E-state index < -0.39 is 0 Å². The number of fused-ring (bicyclic) bond motifs is 1. The lowest BCUT2D eigenvalue weighted by Gasteiger charge is -2.31. The molecule has 5 nitrogen and oxygen atoms in total. The number of rotatable bonds is 5. The maximum Gasteiger partial charge on any atom is 0.222 e. The van der Waals surface area contributed by atoms with E-state index in [0.717, 1.165) is 56.9 Å². The molecule has 3 heterocycles. The molecular weight excluding hydrogens is 324 g/mol. The van der Waals surface area contributed by atoms with Crippen LogP contribution in [0.4, 0.5) is 0 Å². The highest BCUT2D eigenvalue weighted by Gasteiger charge is 2.23. The summed E-state index contributed by atoms with van der Waals surface area (Å²) in [6, 6.07) is 8.34. The number of carbonyl (C=O) groups is 1. The Kier molecular flexibility index (Phi) is 5.25. The van der Waals surface area contributed by atoms with Crippen LogP contribution in [0.1, 0.15) is 44.3 Å². The van der Waals surface area contributed by atoms with Gasteiger partial charge in [-0.25, -0.2) is 4.98 Å². The molecule has 0 aliphatic carbocycles. The van der Waals surface area contributed by atoms with E-state index >= 15 is 0 Å². The average molecular weight is 354 g/mol. The summed E-state index contributed by atoms with van der Waals surface area (Å²) >= 11 is 0. The van der Waals surface area contributed by atoms with Crippen LogP contribution in [-0.4, -0.2) is 51.4 Å². The van der Waals surface area contributed by atoms with Gasteiger partial charge in [-0.3, -0.25) is 9.69 Å². The van der Waals surface area contributed by atoms with E-state index in [9.17, 15) is 4.79 Å². The highest BCUT2D eigenvalue weighted by molar-refractivity contribution is 5.76. The second-order valence-electron chi connectivity index (χ2n) is 7.92. The van der Waals surface area contributed by atoms with Gasteiger partial charge in [0.2, 0.25) is 5.91 Å². The Bertz CT molecular complexity index is 754. The Labute approximate surface area is 156 Å². The maximum absolute atomic E-state index is 12.2. The van der Waals surface area contributed by atoms with Crippen LogP contribution in [0.2, 0.25) is 0 Å². The number of benzene rings is 1. The Hall–Kier alpha value is -1.88. The lowest BCUT2D eigenvalue weighted by atomic mass is 9.92. The van der Waals surface area contributed by atoms with Gasteiger partial charge < -0.3 is 9.47 Å². The fraction of sp³-hybridized carbons (Fsp3) is 0.619. The van der Waals surface area contributed by atoms with Crippen LogP contribution in [0.25, 0.3) is 11.0 Å². The monoisotopic (exact) mass is 354 g/mol. The third-order valence-corrected chi connectivity index (χ3v) is 6.18. The third-order valence-electron chi connectivity index (χ3n) is 6.18. The second kappa shape index (κ2) is 7.78. The van der Waals surface area contributed by atoms with Gasteiger partial charge in [-0.1, -0.05) is 12.1 Å². The molecule has 4 rings (SSSR count). The van der Waals surface area contributed by atoms with Crippen LogP contribution in [0.3, 0.4) is 0 Å². The zero-order valence-electron chi connectivity index (χ0n) is 15.9. The van der Waals surface area contributed by atoms with Crippen molar-refractivity contribution >= 4 is 16.9 Å². The number of hydrogen-bond acceptors (Lipinski definition) is 3. The predicted molar refractivity (Wildman–Crippen MR) is 104 cm³/mol. The van der Waals surface area contributed by atoms with Gasteiger partial charge >= 0.3 is 0 Å². The van der Waals surface area contributed by atoms with E-state index in [1.807, 2.05) is 6.07 Å². The molecule has 0 spiro atoms. The van der Waals surface area contributed by atoms with Gasteiger partial charge in [-0.15, -0.1) is 0 Å². The van der Waals surface area contributed by atoms with Crippen molar-refractivity contribution in [3.05, 3.63) is 30.1 Å². The first-order valence-electron chi connectivity index (χ1n) is 10.1. The van der Waals surface area contributed by atoms with Gasteiger partial charge in [0.1, 0.15) is 5.82 Å². The number of amides is 1. The van der Waals surface area contributed by atoms with E-state index in [2.05, 4.69) is 39.6 Å². The standard InChI is InChI=1S/C21H30N4O/c1-23-19-7-3-2-6-18(19)22-20(23)16-24-14-10-17(11-15-24)8-9-21(26)25-12-4-5-13-25/h2-3,6-7,17H,4-5,8-16H2,1H3. The van der Waals surface area contributed by atoms with E-state index in [-0.39, 0.29) is 0 Å². The van der Waals surface area contributed by atoms with Gasteiger partial charge in [0.15, 0.2) is 0 Å². The minimum Gasteiger partial charge on any atom is -0.343 e. The Morgan fingerprint density at radius 2 is 1.85 bits per heavy atom. The summed E-state index contributed by atoms with van der Waals surface area (Å²) in [6.45, 7) is 5.12. The number of nitrogens with zero attached hydrogens (tertiary/aromatic N) is 4. The van der Waals surface area contributed by atoms with Crippen LogP contribution in [0.15, 0.2) is 24.3 Å². The van der Waals surface area contributed by atoms with Crippen molar-refractivity contribution in [3.8, 4) is 0 Å². The largest absolute Gasteiger partial charge is 0.343 e. The van der Waals surface area contributed by atoms with Crippen molar-refractivity contribution in [2.75, 3.05) is 26.2 Å². The summed E-state index contributed by atoms with van der Waals surface area (Å²) < 4.78 is 2.22. The summed E-state index contributed by atoms with van der Waals surface area (Å²) in [5, 5.41) is 0. The quantitative estimate of drug-likeness (QED) is 0.828. The van der Waals surface area contributed by atoms with Crippen molar-refractivity contribution in [1.82, 2.24) is 19.4 Å². The highest BCUT2D eigenvalue weighted by Crippen LogP contribution is 2.24. The van der Waals surface area contributed by atoms with Crippen LogP contribution >= 0.6 is 0 Å². The Balaban J connectivity index is 1.25. The van der Waals surface area contributed by atoms with Crippen molar-refractivity contribution in [1.29, 1.82) is 0 Å². The molecule has 0 radical (unpaired) electrons. The molecule has 2 aromatic rings. The SMILES string of the molecule is Cn1c(CN2CCC(CCC(=O)N3CCCC3)CC2)nc2ccccc21. The summed E-state index contributed by atoms with van der Waals surface area (Å²) in [5.41, 5.74) is 2.29. The molecule has 0 unspecified atom stereocenters. The minimum atomic E-state index is 0.379. The molecule has 2 saturated heterocycles. The molecular formula is C21H30N4O. The number of imidazole rings is 1. The van der Waals surface area contributed by atoms with E-state index in [4.69, 9.17) is 4.98 Å². The first-order chi connectivity index (χ1) is 12.7. The fourth-order valence-corrected chi connectivity index (χ4v) is 4.42. The normalized spacial score (nSPS) is 19.5. The first-order valence-corrected chi connectivity index (χ1v) is 10.1. The summed E-state index contributed by atoms with van der Waals surface area (Å²) in [7, 11) is 2.11. The molecule has 1 aromatic heterocycles. The van der Waals surface area contributed by atoms with Crippen molar-refractivity contribution < 1.29 is 4.79 Å². The molecule has 0 saturated carbocycles. The molecule has 0 atom stereocenters. The summed E-state index contributed by atoms with van der Waals surface area (Å²) in [6.07, 6.45) is 6.60. The van der Waals surface area contributed by atoms with E-state index in [1.165, 1.54) is 31.2 Å². The van der Waals surface area contributed by atoms with Crippen LogP contribution in [0, 0.1) is 5.92 Å². The molecule has 0 bridgehead atoms. The number of piperidine rings is 1. The second-order valence-corrected chi connectivity index (χ2v) is 7.92. The number of hydrogen-bond donors (Lipinski definition) is 0. The molecule has 0 N–H and O–H groups in total. The van der Waals surface area contributed by atoms with Crippen LogP contribution in [-0.2, 0) is 18.4 Å². The predicted octanol–water partition coefficient (Wildman–Crippen LogP) is 3.19. The number of para-hydroxylation sites is 2. The Morgan fingerprint density at radius 3 is 2.58 bits per heavy atom. The van der Waals surface area contributed by atoms with Gasteiger partial charge in [0, 0.05) is 26.6 Å². The lowest BCUT2D eigenvalue weighted by molar-refractivity contribution is -0.130. The zero-order chi connectivity index (χ0) is 17.9. The van der Waals surface area contributed by atoms with Gasteiger partial charge in [0.25, 0.3) is 0 Å². The summed E-state index contributed by atoms with van der Waals surface area (Å²) in [5.74, 6) is 2.23. The minimum absolute atomic E-state index is 0.379. The van der Waals surface area contributed by atoms with Crippen molar-refractivity contribution in [2.24, 2.45) is 13.0 Å². The van der Waals surface area contributed by atoms with Gasteiger partial charge in [-0.05, 0) is 63.2 Å². The number of aryl methyl sites for hydroxylation is 1. The molecule has 5 heteroatoms. The molecule has 2 aliphatic heterocycles. The smallest absolute Gasteiger partial charge is 0.222 e. The van der Waals surface area contributed by atoms with Crippen LogP contribution < -0.4 is 0 Å². The van der Waals surface area contributed by atoms with Gasteiger partial charge in [-0.2, -0.15) is 0 Å². The first kappa shape index (κ1) is 17.5. The topological polar surface area (TPSA) is 41.4 Å². The highest BCUT2D eigenvalue weighted by atomic mass is 16.2. The number of carbonyl (C=O) groups excluding carboxylic acids is 1. The van der Waals surface area contributed by atoms with E-state index in [1.54, 1.807) is 0 Å². The fourth-order valence-electron chi connectivity index (χ4n) is 4.42. The van der Waals surface area contributed by atoms with E-state index in [0.29, 0.717) is 11.8 Å². The third kappa shape index (κ3) is 3.78.